The number of hydrogen-bond acceptors (Lipinski definition) is 1. The monoisotopic (exact) mass is 545 g/mol. The van der Waals surface area contributed by atoms with Crippen molar-refractivity contribution in [2.24, 2.45) is 0 Å². The number of aromatic nitrogens is 1. The molecule has 0 saturated heterocycles. The minimum absolute atomic E-state index is 0.132. The molecule has 3 aromatic rings. The van der Waals surface area contributed by atoms with Gasteiger partial charge in [-0.15, -0.1) is 0 Å². The summed E-state index contributed by atoms with van der Waals surface area (Å²) in [6.45, 7) is 4.61. The van der Waals surface area contributed by atoms with Gasteiger partial charge in [0.1, 0.15) is 0 Å². The third-order valence-corrected chi connectivity index (χ3v) is 8.67. The van der Waals surface area contributed by atoms with Crippen molar-refractivity contribution in [2.45, 2.75) is 109 Å². The molecule has 1 aliphatic carbocycles. The van der Waals surface area contributed by atoms with E-state index in [0.717, 1.165) is 10.2 Å². The molecule has 0 saturated carbocycles. The molecular weight excluding hydrogens is 502 g/mol. The van der Waals surface area contributed by atoms with Gasteiger partial charge in [0.25, 0.3) is 0 Å². The maximum absolute atomic E-state index is 4.73. The number of hydrogen-bond donors (Lipinski definition) is 0. The van der Waals surface area contributed by atoms with E-state index in [4.69, 9.17) is 4.98 Å². The Bertz CT molecular complexity index is 1070. The van der Waals surface area contributed by atoms with Crippen molar-refractivity contribution in [1.29, 1.82) is 0 Å². The average molecular weight is 547 g/mol. The van der Waals surface area contributed by atoms with Gasteiger partial charge in [0.2, 0.25) is 0 Å². The van der Waals surface area contributed by atoms with E-state index in [1.807, 2.05) is 6.20 Å². The van der Waals surface area contributed by atoms with Crippen LogP contribution < -0.4 is 0 Å². The molecule has 0 unspecified atom stereocenters. The number of benzene rings is 2. The van der Waals surface area contributed by atoms with Crippen molar-refractivity contribution >= 4 is 15.9 Å². The molecule has 192 valence electrons. The maximum Gasteiger partial charge on any atom is 0.0702 e. The molecule has 0 radical (unpaired) electrons. The zero-order valence-corrected chi connectivity index (χ0v) is 24.1. The van der Waals surface area contributed by atoms with Crippen LogP contribution >= 0.6 is 15.9 Å². The van der Waals surface area contributed by atoms with Crippen LogP contribution in [-0.2, 0) is 5.41 Å². The number of fused-ring (bicyclic) bond motifs is 3. The summed E-state index contributed by atoms with van der Waals surface area (Å²) in [5.74, 6) is 0. The number of nitrogens with zero attached hydrogens (tertiary/aromatic N) is 1. The van der Waals surface area contributed by atoms with Gasteiger partial charge in [0, 0.05) is 21.6 Å². The van der Waals surface area contributed by atoms with E-state index in [2.05, 4.69) is 84.4 Å². The van der Waals surface area contributed by atoms with Crippen LogP contribution in [0.4, 0.5) is 0 Å². The van der Waals surface area contributed by atoms with Gasteiger partial charge in [-0.05, 0) is 69.2 Å². The molecule has 0 aliphatic heterocycles. The van der Waals surface area contributed by atoms with E-state index in [1.54, 1.807) is 11.1 Å². The van der Waals surface area contributed by atoms with Gasteiger partial charge in [-0.2, -0.15) is 0 Å². The Labute approximate surface area is 228 Å². The van der Waals surface area contributed by atoms with E-state index < -0.39 is 0 Å². The van der Waals surface area contributed by atoms with Crippen molar-refractivity contribution in [1.82, 2.24) is 4.98 Å². The van der Waals surface area contributed by atoms with Crippen molar-refractivity contribution in [2.75, 3.05) is 0 Å². The highest BCUT2D eigenvalue weighted by molar-refractivity contribution is 9.10. The van der Waals surface area contributed by atoms with Gasteiger partial charge in [-0.25, -0.2) is 0 Å². The summed E-state index contributed by atoms with van der Waals surface area (Å²) in [7, 11) is 0. The first-order valence-corrected chi connectivity index (χ1v) is 15.3. The van der Waals surface area contributed by atoms with Gasteiger partial charge in [-0.1, -0.05) is 127 Å². The van der Waals surface area contributed by atoms with Gasteiger partial charge in [-0.3, -0.25) is 4.98 Å². The van der Waals surface area contributed by atoms with Crippen LogP contribution in [0.1, 0.15) is 115 Å². The van der Waals surface area contributed by atoms with Gasteiger partial charge >= 0.3 is 0 Å². The number of unbranched alkanes of at least 4 members (excludes halogenated alkanes) is 10. The number of pyridine rings is 1. The average Bonchev–Trinajstić information content (AvgIpc) is 3.18. The molecular formula is C34H44BrN. The summed E-state index contributed by atoms with van der Waals surface area (Å²) in [5, 5.41) is 0. The second-order valence-corrected chi connectivity index (χ2v) is 11.7. The fourth-order valence-electron chi connectivity index (χ4n) is 6.24. The van der Waals surface area contributed by atoms with E-state index in [-0.39, 0.29) is 5.41 Å². The number of halogens is 1. The molecule has 2 heteroatoms. The van der Waals surface area contributed by atoms with Crippen LogP contribution in [0.5, 0.6) is 0 Å². The molecule has 4 rings (SSSR count). The number of rotatable bonds is 15. The van der Waals surface area contributed by atoms with Crippen LogP contribution in [0.15, 0.2) is 65.3 Å². The van der Waals surface area contributed by atoms with Crippen molar-refractivity contribution in [3.8, 4) is 22.4 Å². The molecule has 2 aromatic carbocycles. The van der Waals surface area contributed by atoms with Crippen molar-refractivity contribution in [3.05, 3.63) is 76.4 Å². The van der Waals surface area contributed by atoms with Gasteiger partial charge in [0.05, 0.1) is 5.69 Å². The molecule has 0 N–H and O–H groups in total. The van der Waals surface area contributed by atoms with Gasteiger partial charge < -0.3 is 0 Å². The Morgan fingerprint density at radius 1 is 0.639 bits per heavy atom. The second kappa shape index (κ2) is 13.6. The van der Waals surface area contributed by atoms with E-state index in [0.29, 0.717) is 0 Å². The van der Waals surface area contributed by atoms with Crippen LogP contribution in [0.25, 0.3) is 22.4 Å². The molecule has 1 aliphatic rings. The summed E-state index contributed by atoms with van der Waals surface area (Å²) < 4.78 is 1.03. The first-order valence-electron chi connectivity index (χ1n) is 14.6. The molecule has 0 fully saturated rings. The lowest BCUT2D eigenvalue weighted by atomic mass is 9.70. The molecule has 0 bridgehead atoms. The highest BCUT2D eigenvalue weighted by atomic mass is 79.9. The quantitative estimate of drug-likeness (QED) is 0.173. The fourth-order valence-corrected chi connectivity index (χ4v) is 6.47. The third kappa shape index (κ3) is 6.31. The lowest BCUT2D eigenvalue weighted by molar-refractivity contribution is 0.398. The predicted molar refractivity (Wildman–Crippen MR) is 160 cm³/mol. The summed E-state index contributed by atoms with van der Waals surface area (Å²) in [6.07, 6.45) is 20.6. The van der Waals surface area contributed by atoms with Crippen molar-refractivity contribution < 1.29 is 0 Å². The highest BCUT2D eigenvalue weighted by Crippen LogP contribution is 2.54. The maximum atomic E-state index is 4.73. The Morgan fingerprint density at radius 3 is 1.89 bits per heavy atom. The molecule has 1 aromatic heterocycles. The largest absolute Gasteiger partial charge is 0.255 e. The Balaban J connectivity index is 1.65. The topological polar surface area (TPSA) is 12.9 Å². The lowest BCUT2D eigenvalue weighted by Crippen LogP contribution is -2.25. The predicted octanol–water partition coefficient (Wildman–Crippen LogP) is 11.3. The Hall–Kier alpha value is -1.93. The Kier molecular flexibility index (Phi) is 10.2. The van der Waals surface area contributed by atoms with Crippen LogP contribution in [0.2, 0.25) is 0 Å². The first-order chi connectivity index (χ1) is 17.7. The molecule has 1 heterocycles. The molecule has 36 heavy (non-hydrogen) atoms. The standard InChI is InChI=1S/C34H44BrN/c1-3-5-7-9-11-15-23-34(24-16-12-10-8-6-4-2)31-18-14-13-17-29(31)30-21-19-27(25-32(30)34)33-22-20-28(35)26-36-33/h13-14,17-22,25-26H,3-12,15-16,23-24H2,1-2H3. The lowest BCUT2D eigenvalue weighted by Gasteiger charge is -2.33. The molecule has 0 amide bonds. The molecule has 1 nitrogen and oxygen atoms in total. The smallest absolute Gasteiger partial charge is 0.0702 e. The molecule has 0 spiro atoms. The molecule has 0 atom stereocenters. The van der Waals surface area contributed by atoms with Crippen LogP contribution in [0.3, 0.4) is 0 Å². The van der Waals surface area contributed by atoms with Crippen LogP contribution in [-0.4, -0.2) is 4.98 Å². The summed E-state index contributed by atoms with van der Waals surface area (Å²) >= 11 is 3.54. The SMILES string of the molecule is CCCCCCCCC1(CCCCCCCC)c2ccccc2-c2ccc(-c3ccc(Br)cn3)cc21. The summed E-state index contributed by atoms with van der Waals surface area (Å²) in [4.78, 5) is 4.73. The van der Waals surface area contributed by atoms with E-state index in [9.17, 15) is 0 Å². The third-order valence-electron chi connectivity index (χ3n) is 8.21. The minimum Gasteiger partial charge on any atom is -0.255 e. The van der Waals surface area contributed by atoms with Crippen molar-refractivity contribution in [3.63, 3.8) is 0 Å². The van der Waals surface area contributed by atoms with E-state index >= 15 is 0 Å². The Morgan fingerprint density at radius 2 is 1.25 bits per heavy atom. The summed E-state index contributed by atoms with van der Waals surface area (Å²) in [5.41, 5.74) is 8.46. The van der Waals surface area contributed by atoms with Crippen LogP contribution in [0, 0.1) is 0 Å². The highest BCUT2D eigenvalue weighted by Gasteiger charge is 2.42. The van der Waals surface area contributed by atoms with Gasteiger partial charge in [0.15, 0.2) is 0 Å². The minimum atomic E-state index is 0.132. The second-order valence-electron chi connectivity index (χ2n) is 10.8. The fraction of sp³-hybridized carbons (Fsp3) is 0.500. The zero-order valence-electron chi connectivity index (χ0n) is 22.5. The zero-order chi connectivity index (χ0) is 25.2. The summed E-state index contributed by atoms with van der Waals surface area (Å²) in [6, 6.07) is 20.6. The normalized spacial score (nSPS) is 13.5. The first kappa shape index (κ1) is 27.1. The van der Waals surface area contributed by atoms with E-state index in [1.165, 1.54) is 107 Å².